The van der Waals surface area contributed by atoms with E-state index in [2.05, 4.69) is 10.3 Å². The first-order valence-corrected chi connectivity index (χ1v) is 5.00. The third kappa shape index (κ3) is 1.80. The van der Waals surface area contributed by atoms with Gasteiger partial charge in [-0.3, -0.25) is 0 Å². The van der Waals surface area contributed by atoms with E-state index in [0.717, 1.165) is 5.82 Å². The number of hydrogen-bond acceptors (Lipinski definition) is 3. The molecule has 0 aromatic carbocycles. The van der Waals surface area contributed by atoms with Crippen molar-refractivity contribution in [3.63, 3.8) is 0 Å². The zero-order chi connectivity index (χ0) is 9.97. The van der Waals surface area contributed by atoms with Crippen LogP contribution in [0.25, 0.3) is 0 Å². The Bertz CT molecular complexity index is 379. The maximum atomic E-state index is 8.72. The topological polar surface area (TPSA) is 48.7 Å². The average molecular weight is 208 g/mol. The lowest BCUT2D eigenvalue weighted by atomic mass is 9.93. The predicted molar refractivity (Wildman–Crippen MR) is 55.2 cm³/mol. The molecule has 0 radical (unpaired) electrons. The van der Waals surface area contributed by atoms with E-state index >= 15 is 0 Å². The van der Waals surface area contributed by atoms with E-state index < -0.39 is 0 Å². The summed E-state index contributed by atoms with van der Waals surface area (Å²) in [5.41, 5.74) is 0.288. The largest absolute Gasteiger partial charge is 0.367 e. The van der Waals surface area contributed by atoms with Crippen LogP contribution >= 0.6 is 11.6 Å². The molecule has 3 nitrogen and oxygen atoms in total. The lowest BCUT2D eigenvalue weighted by molar-refractivity contribution is 0.444. The van der Waals surface area contributed by atoms with Gasteiger partial charge in [-0.05, 0) is 31.4 Å². The van der Waals surface area contributed by atoms with Crippen molar-refractivity contribution in [1.82, 2.24) is 4.98 Å². The number of nitrogens with zero attached hydrogens (tertiary/aromatic N) is 2. The highest BCUT2D eigenvalue weighted by molar-refractivity contribution is 6.31. The molecule has 1 aliphatic carbocycles. The summed E-state index contributed by atoms with van der Waals surface area (Å²) >= 11 is 5.77. The van der Waals surface area contributed by atoms with Crippen LogP contribution in [0.2, 0.25) is 5.02 Å². The molecule has 0 amide bonds. The molecule has 1 aromatic rings. The van der Waals surface area contributed by atoms with Crippen LogP contribution in [0.15, 0.2) is 12.1 Å². The first-order valence-electron chi connectivity index (χ1n) is 4.63. The molecule has 1 aromatic heterocycles. The van der Waals surface area contributed by atoms with Gasteiger partial charge in [0.2, 0.25) is 0 Å². The summed E-state index contributed by atoms with van der Waals surface area (Å²) in [6.45, 7) is 0. The standard InChI is InChI=1S/C10H10ClN3/c11-8-4-5-10(14-9(8)6-12)13-7-2-1-3-7/h4-5,7H,1-3H2,(H,13,14). The van der Waals surface area contributed by atoms with Crippen molar-refractivity contribution in [3.8, 4) is 6.07 Å². The van der Waals surface area contributed by atoms with Crippen molar-refractivity contribution in [1.29, 1.82) is 5.26 Å². The van der Waals surface area contributed by atoms with Crippen LogP contribution in [-0.2, 0) is 0 Å². The van der Waals surface area contributed by atoms with E-state index in [1.54, 1.807) is 6.07 Å². The Balaban J connectivity index is 2.14. The molecule has 1 N–H and O–H groups in total. The maximum Gasteiger partial charge on any atom is 0.161 e. The van der Waals surface area contributed by atoms with Crippen LogP contribution in [0.3, 0.4) is 0 Å². The fourth-order valence-electron chi connectivity index (χ4n) is 1.36. The minimum absolute atomic E-state index is 0.288. The molecule has 0 unspecified atom stereocenters. The minimum atomic E-state index is 0.288. The van der Waals surface area contributed by atoms with Crippen LogP contribution in [0.1, 0.15) is 25.0 Å². The van der Waals surface area contributed by atoms with E-state index in [1.807, 2.05) is 12.1 Å². The monoisotopic (exact) mass is 207 g/mol. The van der Waals surface area contributed by atoms with Crippen LogP contribution < -0.4 is 5.32 Å². The van der Waals surface area contributed by atoms with Crippen molar-refractivity contribution >= 4 is 17.4 Å². The van der Waals surface area contributed by atoms with E-state index in [4.69, 9.17) is 16.9 Å². The van der Waals surface area contributed by atoms with Crippen molar-refractivity contribution in [3.05, 3.63) is 22.8 Å². The number of hydrogen-bond donors (Lipinski definition) is 1. The van der Waals surface area contributed by atoms with Crippen LogP contribution in [0, 0.1) is 11.3 Å². The first-order chi connectivity index (χ1) is 6.79. The van der Waals surface area contributed by atoms with Gasteiger partial charge in [-0.15, -0.1) is 0 Å². The summed E-state index contributed by atoms with van der Waals surface area (Å²) in [6, 6.07) is 5.99. The smallest absolute Gasteiger partial charge is 0.161 e. The number of aromatic nitrogens is 1. The fraction of sp³-hybridized carbons (Fsp3) is 0.400. The molecule has 0 saturated heterocycles. The lowest BCUT2D eigenvalue weighted by Gasteiger charge is -2.26. The number of anilines is 1. The molecule has 1 fully saturated rings. The van der Waals surface area contributed by atoms with Gasteiger partial charge in [0.1, 0.15) is 11.9 Å². The number of nitrogens with one attached hydrogen (secondary N) is 1. The van der Waals surface area contributed by atoms with Crippen molar-refractivity contribution in [2.24, 2.45) is 0 Å². The molecule has 4 heteroatoms. The van der Waals surface area contributed by atoms with E-state index in [-0.39, 0.29) is 5.69 Å². The molecule has 0 spiro atoms. The Hall–Kier alpha value is -1.27. The fourth-order valence-corrected chi connectivity index (χ4v) is 1.51. The molecule has 1 aliphatic rings. The molecule has 72 valence electrons. The number of pyridine rings is 1. The Kier molecular flexibility index (Phi) is 2.55. The van der Waals surface area contributed by atoms with Gasteiger partial charge in [0.25, 0.3) is 0 Å². The highest BCUT2D eigenvalue weighted by Gasteiger charge is 2.17. The summed E-state index contributed by atoms with van der Waals surface area (Å²) < 4.78 is 0. The molecule has 0 atom stereocenters. The van der Waals surface area contributed by atoms with Crippen LogP contribution in [-0.4, -0.2) is 11.0 Å². The summed E-state index contributed by atoms with van der Waals surface area (Å²) in [5.74, 6) is 0.746. The molecular formula is C10H10ClN3. The second-order valence-corrected chi connectivity index (χ2v) is 3.82. The Morgan fingerprint density at radius 3 is 2.86 bits per heavy atom. The van der Waals surface area contributed by atoms with Crippen molar-refractivity contribution < 1.29 is 0 Å². The van der Waals surface area contributed by atoms with E-state index in [1.165, 1.54) is 19.3 Å². The summed E-state index contributed by atoms with van der Waals surface area (Å²) in [5, 5.41) is 12.4. The van der Waals surface area contributed by atoms with Gasteiger partial charge < -0.3 is 5.32 Å². The van der Waals surface area contributed by atoms with E-state index in [9.17, 15) is 0 Å². The molecule has 1 heterocycles. The Morgan fingerprint density at radius 1 is 1.50 bits per heavy atom. The quantitative estimate of drug-likeness (QED) is 0.811. The summed E-state index contributed by atoms with van der Waals surface area (Å²) in [6.07, 6.45) is 3.65. The van der Waals surface area contributed by atoms with Gasteiger partial charge in [0, 0.05) is 6.04 Å². The second kappa shape index (κ2) is 3.85. The van der Waals surface area contributed by atoms with Crippen molar-refractivity contribution in [2.75, 3.05) is 5.32 Å². The lowest BCUT2D eigenvalue weighted by Crippen LogP contribution is -2.27. The summed E-state index contributed by atoms with van der Waals surface area (Å²) in [7, 11) is 0. The highest BCUT2D eigenvalue weighted by atomic mass is 35.5. The minimum Gasteiger partial charge on any atom is -0.367 e. The predicted octanol–water partition coefficient (Wildman–Crippen LogP) is 2.57. The third-order valence-electron chi connectivity index (χ3n) is 2.41. The molecule has 0 bridgehead atoms. The third-order valence-corrected chi connectivity index (χ3v) is 2.71. The number of nitriles is 1. The summed E-state index contributed by atoms with van der Waals surface area (Å²) in [4.78, 5) is 4.11. The molecule has 0 aliphatic heterocycles. The Labute approximate surface area is 87.7 Å². The molecule has 2 rings (SSSR count). The molecule has 14 heavy (non-hydrogen) atoms. The Morgan fingerprint density at radius 2 is 2.29 bits per heavy atom. The number of rotatable bonds is 2. The van der Waals surface area contributed by atoms with Gasteiger partial charge in [0.15, 0.2) is 5.69 Å². The average Bonchev–Trinajstić information content (AvgIpc) is 2.14. The van der Waals surface area contributed by atoms with Gasteiger partial charge in [-0.25, -0.2) is 4.98 Å². The second-order valence-electron chi connectivity index (χ2n) is 3.41. The number of halogens is 1. The zero-order valence-corrected chi connectivity index (χ0v) is 8.38. The van der Waals surface area contributed by atoms with Gasteiger partial charge in [-0.2, -0.15) is 5.26 Å². The highest BCUT2D eigenvalue weighted by Crippen LogP contribution is 2.23. The SMILES string of the molecule is N#Cc1nc(NC2CCC2)ccc1Cl. The van der Waals surface area contributed by atoms with Gasteiger partial charge in [-0.1, -0.05) is 11.6 Å². The normalized spacial score (nSPS) is 15.7. The van der Waals surface area contributed by atoms with Crippen LogP contribution in [0.5, 0.6) is 0 Å². The molecular weight excluding hydrogens is 198 g/mol. The van der Waals surface area contributed by atoms with E-state index in [0.29, 0.717) is 11.1 Å². The maximum absolute atomic E-state index is 8.72. The van der Waals surface area contributed by atoms with Crippen LogP contribution in [0.4, 0.5) is 5.82 Å². The van der Waals surface area contributed by atoms with Gasteiger partial charge >= 0.3 is 0 Å². The zero-order valence-electron chi connectivity index (χ0n) is 7.63. The van der Waals surface area contributed by atoms with Gasteiger partial charge in [0.05, 0.1) is 5.02 Å². The van der Waals surface area contributed by atoms with Crippen molar-refractivity contribution in [2.45, 2.75) is 25.3 Å². The first kappa shape index (κ1) is 9.29. The molecule has 1 saturated carbocycles.